The number of nitrogens with zero attached hydrogens (tertiary/aromatic N) is 2. The van der Waals surface area contributed by atoms with Gasteiger partial charge in [-0.3, -0.25) is 4.98 Å². The Morgan fingerprint density at radius 2 is 2.23 bits per heavy atom. The summed E-state index contributed by atoms with van der Waals surface area (Å²) >= 11 is 0. The SMILES string of the molecule is CC(=N[NH+]([O-])C=O)c1ccncc1. The minimum absolute atomic E-state index is 0.185. The van der Waals surface area contributed by atoms with Crippen molar-refractivity contribution < 1.29 is 9.97 Å². The van der Waals surface area contributed by atoms with Gasteiger partial charge in [-0.25, -0.2) is 4.79 Å². The standard InChI is InChI=1S/C8H9N3O2/c1-7(10-11(13)6-12)8-2-4-9-5-3-8/h2-6,11H,1H3. The summed E-state index contributed by atoms with van der Waals surface area (Å²) in [4.78, 5) is 13.8. The Hall–Kier alpha value is -1.59. The molecule has 0 aliphatic rings. The number of carbonyl (C=O) groups is 1. The van der Waals surface area contributed by atoms with Crippen molar-refractivity contribution in [3.05, 3.63) is 35.3 Å². The lowest BCUT2D eigenvalue weighted by atomic mass is 10.2. The van der Waals surface area contributed by atoms with E-state index in [0.29, 0.717) is 5.71 Å². The van der Waals surface area contributed by atoms with Crippen LogP contribution in [0.3, 0.4) is 0 Å². The molecule has 1 aromatic heterocycles. The normalized spacial score (nSPS) is 13.8. The number of quaternary nitrogens is 1. The third-order valence-corrected chi connectivity index (χ3v) is 1.48. The molecule has 0 radical (unpaired) electrons. The molecule has 1 aromatic rings. The molecule has 0 fully saturated rings. The van der Waals surface area contributed by atoms with Gasteiger partial charge in [-0.2, -0.15) is 5.17 Å². The maximum Gasteiger partial charge on any atom is 0.326 e. The molecule has 1 atom stereocenters. The van der Waals surface area contributed by atoms with Crippen molar-refractivity contribution in [3.8, 4) is 0 Å². The Labute approximate surface area is 75.3 Å². The number of hydrogen-bond donors (Lipinski definition) is 1. The summed E-state index contributed by atoms with van der Waals surface area (Å²) in [6.07, 6.45) is 3.38. The Kier molecular flexibility index (Phi) is 3.24. The van der Waals surface area contributed by atoms with Crippen molar-refractivity contribution in [2.24, 2.45) is 5.10 Å². The number of hydrogen-bond acceptors (Lipinski definition) is 4. The highest BCUT2D eigenvalue weighted by Gasteiger charge is 1.98. The van der Waals surface area contributed by atoms with Gasteiger partial charge in [-0.1, -0.05) is 5.10 Å². The van der Waals surface area contributed by atoms with Gasteiger partial charge < -0.3 is 5.21 Å². The van der Waals surface area contributed by atoms with Gasteiger partial charge in [0.1, 0.15) is 5.71 Å². The molecule has 1 amide bonds. The largest absolute Gasteiger partial charge is 0.599 e. The van der Waals surface area contributed by atoms with Crippen molar-refractivity contribution in [3.63, 3.8) is 0 Å². The van der Waals surface area contributed by atoms with Gasteiger partial charge >= 0.3 is 6.41 Å². The first kappa shape index (κ1) is 9.50. The minimum Gasteiger partial charge on any atom is -0.599 e. The molecule has 0 aliphatic heterocycles. The smallest absolute Gasteiger partial charge is 0.326 e. The van der Waals surface area contributed by atoms with Crippen molar-refractivity contribution >= 4 is 12.1 Å². The molecule has 5 nitrogen and oxygen atoms in total. The monoisotopic (exact) mass is 179 g/mol. The Balaban J connectivity index is 2.84. The van der Waals surface area contributed by atoms with Crippen LogP contribution in [0.1, 0.15) is 12.5 Å². The molecule has 68 valence electrons. The number of nitrogens with one attached hydrogen (secondary N) is 1. The van der Waals surface area contributed by atoms with Crippen molar-refractivity contribution in [2.75, 3.05) is 0 Å². The first-order valence-electron chi connectivity index (χ1n) is 3.69. The summed E-state index contributed by atoms with van der Waals surface area (Å²) in [6.45, 7) is 1.66. The molecular formula is C8H9N3O2. The predicted octanol–water partition coefficient (Wildman–Crippen LogP) is -0.655. The van der Waals surface area contributed by atoms with Crippen molar-refractivity contribution in [1.29, 1.82) is 0 Å². The predicted molar refractivity (Wildman–Crippen MR) is 46.8 cm³/mol. The number of pyridine rings is 1. The van der Waals surface area contributed by atoms with Crippen LogP contribution in [-0.4, -0.2) is 17.1 Å². The molecule has 1 heterocycles. The molecule has 0 spiro atoms. The van der Waals surface area contributed by atoms with Crippen molar-refractivity contribution in [2.45, 2.75) is 6.92 Å². The zero-order valence-electron chi connectivity index (χ0n) is 7.10. The first-order valence-corrected chi connectivity index (χ1v) is 3.69. The van der Waals surface area contributed by atoms with Gasteiger partial charge in [-0.05, 0) is 19.1 Å². The topological polar surface area (TPSA) is 69.8 Å². The maximum atomic E-state index is 10.6. The summed E-state index contributed by atoms with van der Waals surface area (Å²) in [5, 5.41) is 13.4. The van der Waals surface area contributed by atoms with Crippen LogP contribution in [-0.2, 0) is 4.79 Å². The van der Waals surface area contributed by atoms with Crippen molar-refractivity contribution in [1.82, 2.24) is 4.98 Å². The quantitative estimate of drug-likeness (QED) is 0.380. The zero-order valence-corrected chi connectivity index (χ0v) is 7.10. The van der Waals surface area contributed by atoms with Crippen LogP contribution in [0.25, 0.3) is 0 Å². The highest BCUT2D eigenvalue weighted by molar-refractivity contribution is 5.98. The van der Waals surface area contributed by atoms with Crippen LogP contribution in [0, 0.1) is 5.21 Å². The van der Waals surface area contributed by atoms with Crippen LogP contribution in [0.2, 0.25) is 0 Å². The van der Waals surface area contributed by atoms with E-state index in [0.717, 1.165) is 5.56 Å². The summed E-state index contributed by atoms with van der Waals surface area (Å²) in [5.41, 5.74) is 1.30. The van der Waals surface area contributed by atoms with Crippen LogP contribution < -0.4 is 5.17 Å². The average Bonchev–Trinajstić information content (AvgIpc) is 2.19. The first-order chi connectivity index (χ1) is 6.24. The number of carbonyl (C=O) groups excluding carboxylic acids is 1. The molecule has 0 bridgehead atoms. The molecule has 13 heavy (non-hydrogen) atoms. The van der Waals surface area contributed by atoms with Gasteiger partial charge in [0.2, 0.25) is 0 Å². The lowest BCUT2D eigenvalue weighted by Gasteiger charge is -2.06. The second-order valence-corrected chi connectivity index (χ2v) is 2.39. The van der Waals surface area contributed by atoms with Crippen LogP contribution >= 0.6 is 0 Å². The van der Waals surface area contributed by atoms with Gasteiger partial charge in [0.15, 0.2) is 0 Å². The second kappa shape index (κ2) is 4.44. The summed E-state index contributed by atoms with van der Waals surface area (Å²) in [7, 11) is 0. The van der Waals surface area contributed by atoms with Crippen LogP contribution in [0.15, 0.2) is 29.6 Å². The highest BCUT2D eigenvalue weighted by atomic mass is 16.5. The molecular weight excluding hydrogens is 170 g/mol. The fraction of sp³-hybridized carbons (Fsp3) is 0.125. The number of aromatic nitrogens is 1. The molecule has 0 saturated heterocycles. The molecule has 0 saturated carbocycles. The molecule has 1 unspecified atom stereocenters. The molecule has 1 N–H and O–H groups in total. The summed E-state index contributed by atoms with van der Waals surface area (Å²) < 4.78 is 0. The number of hydroxylamine groups is 1. The zero-order chi connectivity index (χ0) is 9.68. The molecule has 5 heteroatoms. The van der Waals surface area contributed by atoms with Gasteiger partial charge in [-0.15, -0.1) is 0 Å². The van der Waals surface area contributed by atoms with E-state index in [9.17, 15) is 10.0 Å². The highest BCUT2D eigenvalue weighted by Crippen LogP contribution is 1.96. The van der Waals surface area contributed by atoms with E-state index < -0.39 is 5.17 Å². The fourth-order valence-electron chi connectivity index (χ4n) is 0.849. The van der Waals surface area contributed by atoms with E-state index in [-0.39, 0.29) is 6.41 Å². The Morgan fingerprint density at radius 1 is 1.62 bits per heavy atom. The third-order valence-electron chi connectivity index (χ3n) is 1.48. The van der Waals surface area contributed by atoms with E-state index in [1.807, 2.05) is 0 Å². The molecule has 0 aromatic carbocycles. The van der Waals surface area contributed by atoms with E-state index in [2.05, 4.69) is 10.1 Å². The number of rotatable bonds is 3. The van der Waals surface area contributed by atoms with E-state index in [4.69, 9.17) is 0 Å². The second-order valence-electron chi connectivity index (χ2n) is 2.39. The Morgan fingerprint density at radius 3 is 2.77 bits per heavy atom. The molecule has 1 rings (SSSR count). The van der Waals surface area contributed by atoms with E-state index in [1.165, 1.54) is 0 Å². The lowest BCUT2D eigenvalue weighted by molar-refractivity contribution is -0.761. The summed E-state index contributed by atoms with van der Waals surface area (Å²) in [5.74, 6) is 0. The van der Waals surface area contributed by atoms with E-state index >= 15 is 0 Å². The van der Waals surface area contributed by atoms with Gasteiger partial charge in [0.25, 0.3) is 0 Å². The van der Waals surface area contributed by atoms with Crippen LogP contribution in [0.4, 0.5) is 0 Å². The van der Waals surface area contributed by atoms with Crippen LogP contribution in [0.5, 0.6) is 0 Å². The van der Waals surface area contributed by atoms with E-state index in [1.54, 1.807) is 31.5 Å². The van der Waals surface area contributed by atoms with Gasteiger partial charge in [0.05, 0.1) is 0 Å². The minimum atomic E-state index is -0.769. The lowest BCUT2D eigenvalue weighted by Crippen LogP contribution is -3.01. The summed E-state index contributed by atoms with van der Waals surface area (Å²) in [6, 6.07) is 3.44. The third kappa shape index (κ3) is 2.73. The average molecular weight is 179 g/mol. The fourth-order valence-corrected chi connectivity index (χ4v) is 0.849. The van der Waals surface area contributed by atoms with Gasteiger partial charge in [0, 0.05) is 18.0 Å². The number of amides is 1. The molecule has 0 aliphatic carbocycles. The maximum absolute atomic E-state index is 10.6. The Bertz CT molecular complexity index is 310.